The van der Waals surface area contributed by atoms with Crippen LogP contribution in [0.2, 0.25) is 5.02 Å². The van der Waals surface area contributed by atoms with Crippen LogP contribution in [0.3, 0.4) is 0 Å². The van der Waals surface area contributed by atoms with Crippen LogP contribution in [-0.4, -0.2) is 46.4 Å². The molecule has 12 heteroatoms. The molecule has 0 spiro atoms. The van der Waals surface area contributed by atoms with Gasteiger partial charge in [-0.1, -0.05) is 11.6 Å². The molecule has 2 aromatic heterocycles. The number of rotatable bonds is 6. The Hall–Kier alpha value is -2.63. The van der Waals surface area contributed by atoms with Crippen LogP contribution in [0.1, 0.15) is 18.2 Å². The molecule has 3 aromatic rings. The molecular weight excluding hydrogens is 491 g/mol. The highest BCUT2D eigenvalue weighted by molar-refractivity contribution is 7.13. The second-order valence-electron chi connectivity index (χ2n) is 7.92. The molecule has 0 saturated carbocycles. The van der Waals surface area contributed by atoms with E-state index >= 15 is 0 Å². The van der Waals surface area contributed by atoms with E-state index in [2.05, 4.69) is 20.2 Å². The molecule has 0 radical (unpaired) electrons. The summed E-state index contributed by atoms with van der Waals surface area (Å²) in [5.74, 6) is 0.184. The maximum Gasteiger partial charge on any atom is 0.416 e. The van der Waals surface area contributed by atoms with Crippen LogP contribution in [0.25, 0.3) is 11.4 Å². The van der Waals surface area contributed by atoms with E-state index in [1.807, 2.05) is 12.3 Å². The largest absolute Gasteiger partial charge is 0.416 e. The Morgan fingerprint density at radius 1 is 1.32 bits per heavy atom. The summed E-state index contributed by atoms with van der Waals surface area (Å²) >= 11 is 7.68. The molecule has 0 aliphatic carbocycles. The normalized spacial score (nSPS) is 18.5. The van der Waals surface area contributed by atoms with Crippen molar-refractivity contribution in [3.8, 4) is 11.4 Å². The van der Waals surface area contributed by atoms with Crippen molar-refractivity contribution < 1.29 is 17.9 Å². The van der Waals surface area contributed by atoms with Crippen molar-refractivity contribution in [3.63, 3.8) is 0 Å². The highest BCUT2D eigenvalue weighted by Crippen LogP contribution is 2.35. The maximum absolute atomic E-state index is 13.3. The molecule has 1 aliphatic heterocycles. The molecular formula is C22H23ClF3N5O2S. The van der Waals surface area contributed by atoms with Crippen molar-refractivity contribution in [2.24, 2.45) is 7.05 Å². The van der Waals surface area contributed by atoms with Crippen molar-refractivity contribution in [1.29, 1.82) is 0 Å². The molecule has 0 bridgehead atoms. The van der Waals surface area contributed by atoms with Crippen LogP contribution >= 0.6 is 22.9 Å². The molecule has 1 aliphatic rings. The van der Waals surface area contributed by atoms with E-state index in [1.165, 1.54) is 29.0 Å². The van der Waals surface area contributed by atoms with Crippen LogP contribution in [0, 0.1) is 6.92 Å². The minimum atomic E-state index is -4.52. The maximum atomic E-state index is 13.3. The lowest BCUT2D eigenvalue weighted by atomic mass is 10.1. The Bertz CT molecular complexity index is 1230. The van der Waals surface area contributed by atoms with Gasteiger partial charge in [0.15, 0.2) is 5.13 Å². The van der Waals surface area contributed by atoms with Crippen LogP contribution in [0.15, 0.2) is 34.6 Å². The monoisotopic (exact) mass is 513 g/mol. The van der Waals surface area contributed by atoms with Gasteiger partial charge in [-0.3, -0.25) is 9.36 Å². The Morgan fingerprint density at radius 2 is 2.09 bits per heavy atom. The van der Waals surface area contributed by atoms with Crippen LogP contribution in [0.4, 0.5) is 24.0 Å². The number of nitrogens with zero attached hydrogens (tertiary/aromatic N) is 4. The third kappa shape index (κ3) is 4.77. The number of aromatic nitrogens is 3. The standard InChI is InChI=1S/C22H23ClF3N5O2S/c1-4-33-17-11-31(21-27-7-8-34-21)10-16(17)29-18-12(2)28-19(30(3)20(18)32)14-6-5-13(9-15(14)23)22(24,25)26/h5-9,16-17,29H,4,10-11H2,1-3H3. The highest BCUT2D eigenvalue weighted by Gasteiger charge is 2.36. The zero-order valence-electron chi connectivity index (χ0n) is 18.7. The molecule has 2 unspecified atom stereocenters. The molecule has 1 N–H and O–H groups in total. The number of anilines is 2. The van der Waals surface area contributed by atoms with E-state index in [1.54, 1.807) is 13.1 Å². The summed E-state index contributed by atoms with van der Waals surface area (Å²) in [5, 5.41) is 5.95. The SMILES string of the molecule is CCOC1CN(c2nccs2)CC1Nc1c(C)nc(-c2ccc(C(F)(F)F)cc2Cl)n(C)c1=O. The Balaban J connectivity index is 1.65. The number of benzene rings is 1. The number of thiazole rings is 1. The van der Waals surface area contributed by atoms with Gasteiger partial charge in [0.1, 0.15) is 11.5 Å². The first kappa shape index (κ1) is 24.5. The summed E-state index contributed by atoms with van der Waals surface area (Å²) in [6, 6.07) is 2.81. The first-order valence-corrected chi connectivity index (χ1v) is 11.8. The van der Waals surface area contributed by atoms with Gasteiger partial charge >= 0.3 is 6.18 Å². The van der Waals surface area contributed by atoms with Crippen molar-refractivity contribution in [2.45, 2.75) is 32.2 Å². The highest BCUT2D eigenvalue weighted by atomic mass is 35.5. The van der Waals surface area contributed by atoms with Crippen molar-refractivity contribution in [3.05, 3.63) is 56.4 Å². The van der Waals surface area contributed by atoms with E-state index in [0.717, 1.165) is 17.3 Å². The third-order valence-electron chi connectivity index (χ3n) is 5.68. The van der Waals surface area contributed by atoms with E-state index in [4.69, 9.17) is 16.3 Å². The fourth-order valence-corrected chi connectivity index (χ4v) is 4.93. The first-order valence-electron chi connectivity index (χ1n) is 10.6. The van der Waals surface area contributed by atoms with Gasteiger partial charge in [0.05, 0.1) is 28.4 Å². The molecule has 182 valence electrons. The summed E-state index contributed by atoms with van der Waals surface area (Å²) in [4.78, 5) is 24.2. The van der Waals surface area contributed by atoms with Gasteiger partial charge in [0.25, 0.3) is 5.56 Å². The fraction of sp³-hybridized carbons (Fsp3) is 0.409. The van der Waals surface area contributed by atoms with E-state index in [-0.39, 0.29) is 34.1 Å². The van der Waals surface area contributed by atoms with Gasteiger partial charge in [-0.2, -0.15) is 13.2 Å². The number of hydrogen-bond acceptors (Lipinski definition) is 7. The molecule has 3 heterocycles. The summed E-state index contributed by atoms with van der Waals surface area (Å²) in [6.07, 6.45) is -2.94. The van der Waals surface area contributed by atoms with E-state index in [9.17, 15) is 18.0 Å². The Morgan fingerprint density at radius 3 is 2.71 bits per heavy atom. The Kier molecular flexibility index (Phi) is 6.88. The first-order chi connectivity index (χ1) is 16.1. The smallest absolute Gasteiger partial charge is 0.374 e. The second-order valence-corrected chi connectivity index (χ2v) is 9.20. The summed E-state index contributed by atoms with van der Waals surface area (Å²) in [5.41, 5.74) is -0.260. The number of aryl methyl sites for hydroxylation is 1. The van der Waals surface area contributed by atoms with E-state index in [0.29, 0.717) is 31.1 Å². The minimum absolute atomic E-state index is 0.135. The predicted molar refractivity (Wildman–Crippen MR) is 127 cm³/mol. The number of alkyl halides is 3. The van der Waals surface area contributed by atoms with Crippen molar-refractivity contribution in [2.75, 3.05) is 29.9 Å². The zero-order chi connectivity index (χ0) is 24.6. The molecule has 4 rings (SSSR count). The number of hydrogen-bond donors (Lipinski definition) is 1. The lowest BCUT2D eigenvalue weighted by Gasteiger charge is -2.22. The van der Waals surface area contributed by atoms with Gasteiger partial charge in [0.2, 0.25) is 0 Å². The zero-order valence-corrected chi connectivity index (χ0v) is 20.3. The molecule has 1 fully saturated rings. The van der Waals surface area contributed by atoms with Gasteiger partial charge in [-0.05, 0) is 32.0 Å². The van der Waals surface area contributed by atoms with Gasteiger partial charge in [-0.25, -0.2) is 9.97 Å². The average molecular weight is 514 g/mol. The molecule has 2 atom stereocenters. The van der Waals surface area contributed by atoms with Crippen LogP contribution in [0.5, 0.6) is 0 Å². The summed E-state index contributed by atoms with van der Waals surface area (Å²) in [7, 11) is 1.51. The second kappa shape index (κ2) is 9.55. The van der Waals surface area contributed by atoms with Gasteiger partial charge < -0.3 is 15.0 Å². The van der Waals surface area contributed by atoms with E-state index < -0.39 is 11.7 Å². The molecule has 1 aromatic carbocycles. The van der Waals surface area contributed by atoms with Crippen molar-refractivity contribution in [1.82, 2.24) is 14.5 Å². The quantitative estimate of drug-likeness (QED) is 0.520. The lowest BCUT2D eigenvalue weighted by molar-refractivity contribution is -0.137. The fourth-order valence-electron chi connectivity index (χ4n) is 4.00. The number of ether oxygens (including phenoxy) is 1. The number of nitrogens with one attached hydrogen (secondary N) is 1. The average Bonchev–Trinajstić information content (AvgIpc) is 3.44. The summed E-state index contributed by atoms with van der Waals surface area (Å²) < 4.78 is 46.2. The third-order valence-corrected chi connectivity index (χ3v) is 6.82. The predicted octanol–water partition coefficient (Wildman–Crippen LogP) is 4.59. The minimum Gasteiger partial charge on any atom is -0.374 e. The topological polar surface area (TPSA) is 72.3 Å². The lowest BCUT2D eigenvalue weighted by Crippen LogP contribution is -2.38. The number of halogens is 4. The summed E-state index contributed by atoms with van der Waals surface area (Å²) in [6.45, 7) is 5.33. The van der Waals surface area contributed by atoms with Crippen LogP contribution in [-0.2, 0) is 18.0 Å². The molecule has 0 amide bonds. The molecule has 7 nitrogen and oxygen atoms in total. The van der Waals surface area contributed by atoms with Crippen molar-refractivity contribution >= 4 is 33.8 Å². The molecule has 34 heavy (non-hydrogen) atoms. The van der Waals surface area contributed by atoms with Gasteiger partial charge in [0, 0.05) is 43.9 Å². The Labute approximate surface area is 203 Å². The van der Waals surface area contributed by atoms with Gasteiger partial charge in [-0.15, -0.1) is 11.3 Å². The van der Waals surface area contributed by atoms with Crippen LogP contribution < -0.4 is 15.8 Å². The molecule has 1 saturated heterocycles.